The van der Waals surface area contributed by atoms with Crippen molar-refractivity contribution in [2.24, 2.45) is 13.0 Å². The Bertz CT molecular complexity index is 691. The SMILES string of the molecule is Cc1cnn(CCCNC(=O)N2CCCC(Cc3nccn3C)C2)c1. The first-order valence-corrected chi connectivity index (χ1v) is 9.10. The Hall–Kier alpha value is -2.31. The third-order valence-corrected chi connectivity index (χ3v) is 4.80. The van der Waals surface area contributed by atoms with Gasteiger partial charge in [-0.15, -0.1) is 0 Å². The van der Waals surface area contributed by atoms with Gasteiger partial charge in [-0.2, -0.15) is 5.10 Å². The smallest absolute Gasteiger partial charge is 0.317 e. The maximum Gasteiger partial charge on any atom is 0.317 e. The molecular weight excluding hydrogens is 316 g/mol. The van der Waals surface area contributed by atoms with E-state index < -0.39 is 0 Å². The standard InChI is InChI=1S/C18H28N6O/c1-15-12-21-24(13-15)9-4-6-20-18(25)23-8-3-5-16(14-23)11-17-19-7-10-22(17)2/h7,10,12-13,16H,3-6,8-9,11,14H2,1-2H3,(H,20,25). The molecule has 3 rings (SSSR count). The molecule has 2 aromatic rings. The van der Waals surface area contributed by atoms with Gasteiger partial charge in [0.15, 0.2) is 0 Å². The van der Waals surface area contributed by atoms with Crippen molar-refractivity contribution in [3.63, 3.8) is 0 Å². The zero-order valence-corrected chi connectivity index (χ0v) is 15.2. The van der Waals surface area contributed by atoms with Crippen molar-refractivity contribution in [3.8, 4) is 0 Å². The second-order valence-electron chi connectivity index (χ2n) is 6.98. The van der Waals surface area contributed by atoms with Crippen LogP contribution in [0.5, 0.6) is 0 Å². The van der Waals surface area contributed by atoms with E-state index in [0.29, 0.717) is 12.5 Å². The molecule has 1 fully saturated rings. The van der Waals surface area contributed by atoms with Crippen molar-refractivity contribution in [2.45, 2.75) is 39.2 Å². The van der Waals surface area contributed by atoms with E-state index in [4.69, 9.17) is 0 Å². The van der Waals surface area contributed by atoms with Crippen LogP contribution in [0.25, 0.3) is 0 Å². The maximum atomic E-state index is 12.4. The molecule has 1 N–H and O–H groups in total. The second kappa shape index (κ2) is 8.18. The van der Waals surface area contributed by atoms with Crippen LogP contribution in [0.4, 0.5) is 4.79 Å². The molecule has 2 amide bonds. The van der Waals surface area contributed by atoms with Crippen molar-refractivity contribution in [2.75, 3.05) is 19.6 Å². The Morgan fingerprint density at radius 1 is 1.44 bits per heavy atom. The number of aromatic nitrogens is 4. The van der Waals surface area contributed by atoms with E-state index in [-0.39, 0.29) is 6.03 Å². The molecule has 7 heteroatoms. The van der Waals surface area contributed by atoms with Crippen LogP contribution in [0.1, 0.15) is 30.7 Å². The molecule has 1 unspecified atom stereocenters. The number of hydrogen-bond donors (Lipinski definition) is 1. The van der Waals surface area contributed by atoms with Gasteiger partial charge in [-0.05, 0) is 37.7 Å². The van der Waals surface area contributed by atoms with Crippen molar-refractivity contribution < 1.29 is 4.79 Å². The minimum absolute atomic E-state index is 0.0567. The van der Waals surface area contributed by atoms with Gasteiger partial charge in [-0.25, -0.2) is 9.78 Å². The third kappa shape index (κ3) is 4.84. The van der Waals surface area contributed by atoms with E-state index in [1.165, 1.54) is 0 Å². The number of rotatable bonds is 6. The number of amides is 2. The number of urea groups is 1. The molecule has 7 nitrogen and oxygen atoms in total. The molecule has 136 valence electrons. The summed E-state index contributed by atoms with van der Waals surface area (Å²) in [7, 11) is 2.02. The van der Waals surface area contributed by atoms with E-state index in [1.54, 1.807) is 0 Å². The first-order chi connectivity index (χ1) is 12.1. The minimum Gasteiger partial charge on any atom is -0.338 e. The molecule has 0 spiro atoms. The van der Waals surface area contributed by atoms with Crippen molar-refractivity contribution in [1.82, 2.24) is 29.5 Å². The second-order valence-corrected chi connectivity index (χ2v) is 6.98. The lowest BCUT2D eigenvalue weighted by atomic mass is 9.94. The molecular formula is C18H28N6O. The normalized spacial score (nSPS) is 17.7. The fourth-order valence-corrected chi connectivity index (χ4v) is 3.40. The number of imidazole rings is 1. The summed E-state index contributed by atoms with van der Waals surface area (Å²) in [6.45, 7) is 5.20. The van der Waals surface area contributed by atoms with Crippen LogP contribution in [0.2, 0.25) is 0 Å². The zero-order chi connectivity index (χ0) is 17.6. The van der Waals surface area contributed by atoms with E-state index in [9.17, 15) is 4.79 Å². The Labute approximate surface area is 149 Å². The minimum atomic E-state index is 0.0567. The highest BCUT2D eigenvalue weighted by molar-refractivity contribution is 5.74. The molecule has 1 aliphatic heterocycles. The van der Waals surface area contributed by atoms with Crippen molar-refractivity contribution in [3.05, 3.63) is 36.2 Å². The van der Waals surface area contributed by atoms with Crippen LogP contribution >= 0.6 is 0 Å². The highest BCUT2D eigenvalue weighted by atomic mass is 16.2. The van der Waals surface area contributed by atoms with Gasteiger partial charge in [0.1, 0.15) is 5.82 Å². The van der Waals surface area contributed by atoms with Gasteiger partial charge in [0.25, 0.3) is 0 Å². The quantitative estimate of drug-likeness (QED) is 0.815. The lowest BCUT2D eigenvalue weighted by molar-refractivity contribution is 0.164. The lowest BCUT2D eigenvalue weighted by Gasteiger charge is -2.32. The molecule has 0 radical (unpaired) electrons. The summed E-state index contributed by atoms with van der Waals surface area (Å²) in [6, 6.07) is 0.0567. The first kappa shape index (κ1) is 17.5. The lowest BCUT2D eigenvalue weighted by Crippen LogP contribution is -2.46. The van der Waals surface area contributed by atoms with E-state index >= 15 is 0 Å². The summed E-state index contributed by atoms with van der Waals surface area (Å²) in [4.78, 5) is 18.8. The number of piperidine rings is 1. The van der Waals surface area contributed by atoms with Gasteiger partial charge >= 0.3 is 6.03 Å². The Morgan fingerprint density at radius 3 is 3.04 bits per heavy atom. The number of nitrogens with one attached hydrogen (secondary N) is 1. The van der Waals surface area contributed by atoms with Gasteiger partial charge in [-0.1, -0.05) is 0 Å². The summed E-state index contributed by atoms with van der Waals surface area (Å²) in [5, 5.41) is 7.31. The average Bonchev–Trinajstić information content (AvgIpc) is 3.20. The molecule has 1 aliphatic rings. The molecule has 0 bridgehead atoms. The molecule has 3 heterocycles. The highest BCUT2D eigenvalue weighted by Crippen LogP contribution is 2.20. The summed E-state index contributed by atoms with van der Waals surface area (Å²) < 4.78 is 3.99. The van der Waals surface area contributed by atoms with E-state index in [2.05, 4.69) is 20.0 Å². The number of likely N-dealkylation sites (tertiary alicyclic amines) is 1. The van der Waals surface area contributed by atoms with Crippen LogP contribution in [0.3, 0.4) is 0 Å². The van der Waals surface area contributed by atoms with Crippen LogP contribution in [-0.4, -0.2) is 49.9 Å². The van der Waals surface area contributed by atoms with Crippen molar-refractivity contribution in [1.29, 1.82) is 0 Å². The predicted molar refractivity (Wildman–Crippen MR) is 96.2 cm³/mol. The predicted octanol–water partition coefficient (Wildman–Crippen LogP) is 1.98. The molecule has 0 aromatic carbocycles. The number of carbonyl (C=O) groups excluding carboxylic acids is 1. The van der Waals surface area contributed by atoms with Gasteiger partial charge in [-0.3, -0.25) is 4.68 Å². The van der Waals surface area contributed by atoms with Crippen LogP contribution in [-0.2, 0) is 20.0 Å². The van der Waals surface area contributed by atoms with Gasteiger partial charge in [0.2, 0.25) is 0 Å². The molecule has 1 atom stereocenters. The topological polar surface area (TPSA) is 68.0 Å². The molecule has 1 saturated heterocycles. The molecule has 25 heavy (non-hydrogen) atoms. The van der Waals surface area contributed by atoms with Gasteiger partial charge < -0.3 is 14.8 Å². The van der Waals surface area contributed by atoms with E-state index in [0.717, 1.165) is 56.7 Å². The van der Waals surface area contributed by atoms with E-state index in [1.807, 2.05) is 48.3 Å². The van der Waals surface area contributed by atoms with Crippen LogP contribution in [0.15, 0.2) is 24.8 Å². The fourth-order valence-electron chi connectivity index (χ4n) is 3.40. The maximum absolute atomic E-state index is 12.4. The highest BCUT2D eigenvalue weighted by Gasteiger charge is 2.24. The summed E-state index contributed by atoms with van der Waals surface area (Å²) >= 11 is 0. The largest absolute Gasteiger partial charge is 0.338 e. The Kier molecular flexibility index (Phi) is 5.73. The molecule has 2 aromatic heterocycles. The first-order valence-electron chi connectivity index (χ1n) is 9.10. The summed E-state index contributed by atoms with van der Waals surface area (Å²) in [6.07, 6.45) is 11.7. The number of carbonyl (C=O) groups is 1. The van der Waals surface area contributed by atoms with Crippen LogP contribution < -0.4 is 5.32 Å². The number of aryl methyl sites for hydroxylation is 3. The monoisotopic (exact) mass is 344 g/mol. The Balaban J connectivity index is 1.40. The zero-order valence-electron chi connectivity index (χ0n) is 15.2. The fraction of sp³-hybridized carbons (Fsp3) is 0.611. The average molecular weight is 344 g/mol. The van der Waals surface area contributed by atoms with Crippen molar-refractivity contribution >= 4 is 6.03 Å². The molecule has 0 saturated carbocycles. The van der Waals surface area contributed by atoms with Gasteiger partial charge in [0.05, 0.1) is 6.20 Å². The number of nitrogens with zero attached hydrogens (tertiary/aromatic N) is 5. The Morgan fingerprint density at radius 2 is 2.32 bits per heavy atom. The molecule has 0 aliphatic carbocycles. The number of hydrogen-bond acceptors (Lipinski definition) is 3. The summed E-state index contributed by atoms with van der Waals surface area (Å²) in [5.41, 5.74) is 1.16. The van der Waals surface area contributed by atoms with Crippen LogP contribution in [0, 0.1) is 12.8 Å². The summed E-state index contributed by atoms with van der Waals surface area (Å²) in [5.74, 6) is 1.59. The third-order valence-electron chi connectivity index (χ3n) is 4.80. The van der Waals surface area contributed by atoms with Gasteiger partial charge in [0, 0.05) is 58.2 Å².